The molecule has 7 heteroatoms. The van der Waals surface area contributed by atoms with Gasteiger partial charge in [-0.3, -0.25) is 10.1 Å². The Morgan fingerprint density at radius 3 is 2.21 bits per heavy atom. The van der Waals surface area contributed by atoms with E-state index in [4.69, 9.17) is 9.84 Å². The van der Waals surface area contributed by atoms with Gasteiger partial charge in [0.25, 0.3) is 0 Å². The highest BCUT2D eigenvalue weighted by Gasteiger charge is 2.22. The summed E-state index contributed by atoms with van der Waals surface area (Å²) < 4.78 is 5.76. The fraction of sp³-hybridized carbons (Fsp3) is 0.562. The van der Waals surface area contributed by atoms with E-state index in [0.29, 0.717) is 0 Å². The first-order valence-electron chi connectivity index (χ1n) is 14.8. The molecule has 39 heavy (non-hydrogen) atoms. The van der Waals surface area contributed by atoms with E-state index in [0.717, 1.165) is 68.8 Å². The summed E-state index contributed by atoms with van der Waals surface area (Å²) in [7, 11) is 2.08. The van der Waals surface area contributed by atoms with E-state index < -0.39 is 5.97 Å². The highest BCUT2D eigenvalue weighted by molar-refractivity contribution is 5.91. The number of rotatable bonds is 17. The summed E-state index contributed by atoms with van der Waals surface area (Å²) in [5.41, 5.74) is 2.82. The molecule has 0 aromatic heterocycles. The van der Waals surface area contributed by atoms with Crippen LogP contribution in [0.3, 0.4) is 0 Å². The normalized spacial score (nSPS) is 14.4. The molecule has 214 valence electrons. The van der Waals surface area contributed by atoms with Crippen molar-refractivity contribution in [2.45, 2.75) is 76.7 Å². The maximum Gasteiger partial charge on any atom is 0.411 e. The Kier molecular flexibility index (Phi) is 13.9. The first-order valence-corrected chi connectivity index (χ1v) is 14.8. The van der Waals surface area contributed by atoms with Crippen LogP contribution in [-0.2, 0) is 9.53 Å². The molecule has 3 rings (SSSR count). The van der Waals surface area contributed by atoms with Crippen molar-refractivity contribution in [1.29, 1.82) is 0 Å². The number of likely N-dealkylation sites (tertiary alicyclic amines) is 1. The number of carboxylic acid groups (broad SMARTS) is 1. The predicted molar refractivity (Wildman–Crippen MR) is 158 cm³/mol. The summed E-state index contributed by atoms with van der Waals surface area (Å²) in [6, 6.07) is 17.9. The van der Waals surface area contributed by atoms with E-state index in [1.807, 2.05) is 54.6 Å². The molecule has 1 saturated heterocycles. The fourth-order valence-electron chi connectivity index (χ4n) is 5.22. The summed E-state index contributed by atoms with van der Waals surface area (Å²) in [5.74, 6) is -0.705. The lowest BCUT2D eigenvalue weighted by Crippen LogP contribution is -2.38. The lowest BCUT2D eigenvalue weighted by molar-refractivity contribution is -0.137. The molecule has 1 aliphatic heterocycles. The lowest BCUT2D eigenvalue weighted by atomic mass is 10.0. The molecule has 0 saturated carbocycles. The summed E-state index contributed by atoms with van der Waals surface area (Å²) >= 11 is 0. The SMILES string of the molecule is CN(CCCCCCCCCN1CCC(OC(=O)Nc2ccccc2-c2ccccc2)CC1)CCCC(=O)O. The van der Waals surface area contributed by atoms with Crippen LogP contribution in [0.4, 0.5) is 10.5 Å². The monoisotopic (exact) mass is 537 g/mol. The second-order valence-corrected chi connectivity index (χ2v) is 10.8. The van der Waals surface area contributed by atoms with Gasteiger partial charge in [-0.25, -0.2) is 4.79 Å². The number of carboxylic acids is 1. The molecule has 1 heterocycles. The Morgan fingerprint density at radius 1 is 0.872 bits per heavy atom. The zero-order valence-corrected chi connectivity index (χ0v) is 23.7. The van der Waals surface area contributed by atoms with Crippen molar-refractivity contribution < 1.29 is 19.4 Å². The molecule has 0 bridgehead atoms. The number of carbonyl (C=O) groups is 2. The average molecular weight is 538 g/mol. The molecule has 0 aliphatic carbocycles. The van der Waals surface area contributed by atoms with Crippen LogP contribution < -0.4 is 5.32 Å². The summed E-state index contributed by atoms with van der Waals surface area (Å²) in [5, 5.41) is 11.7. The molecular formula is C32H47N3O4. The van der Waals surface area contributed by atoms with Crippen molar-refractivity contribution in [3.05, 3.63) is 54.6 Å². The smallest absolute Gasteiger partial charge is 0.411 e. The van der Waals surface area contributed by atoms with Crippen molar-refractivity contribution >= 4 is 17.7 Å². The van der Waals surface area contributed by atoms with Crippen LogP contribution in [0, 0.1) is 0 Å². The van der Waals surface area contributed by atoms with Crippen LogP contribution in [0.2, 0.25) is 0 Å². The molecule has 1 amide bonds. The van der Waals surface area contributed by atoms with E-state index in [2.05, 4.69) is 22.2 Å². The van der Waals surface area contributed by atoms with Gasteiger partial charge in [0.1, 0.15) is 6.10 Å². The quantitative estimate of drug-likeness (QED) is 0.214. The molecule has 2 aromatic carbocycles. The highest BCUT2D eigenvalue weighted by atomic mass is 16.6. The summed E-state index contributed by atoms with van der Waals surface area (Å²) in [4.78, 5) is 27.9. The molecule has 2 N–H and O–H groups in total. The standard InChI is InChI=1S/C32H47N3O4/c1-34(23-14-19-31(36)37)22-12-5-3-2-4-6-13-24-35-25-20-28(21-26-35)39-32(38)33-30-18-11-10-17-29(30)27-15-8-7-9-16-27/h7-11,15-18,28H,2-6,12-14,19-26H2,1H3,(H,33,38)(H,36,37). The number of ether oxygens (including phenoxy) is 1. The number of nitrogens with zero attached hydrogens (tertiary/aromatic N) is 2. The van der Waals surface area contributed by atoms with E-state index in [1.54, 1.807) is 0 Å². The lowest BCUT2D eigenvalue weighted by Gasteiger charge is -2.31. The number of aliphatic carboxylic acids is 1. The largest absolute Gasteiger partial charge is 0.481 e. The van der Waals surface area contributed by atoms with Crippen LogP contribution in [0.15, 0.2) is 54.6 Å². The second-order valence-electron chi connectivity index (χ2n) is 10.8. The molecular weight excluding hydrogens is 490 g/mol. The maximum atomic E-state index is 12.6. The number of anilines is 1. The van der Waals surface area contributed by atoms with Crippen molar-refractivity contribution in [3.8, 4) is 11.1 Å². The summed E-state index contributed by atoms with van der Waals surface area (Å²) in [6.45, 7) is 5.02. The number of unbranched alkanes of at least 4 members (excludes halogenated alkanes) is 6. The van der Waals surface area contributed by atoms with Gasteiger partial charge in [-0.2, -0.15) is 0 Å². The third kappa shape index (κ3) is 12.2. The molecule has 0 unspecified atom stereocenters. The van der Waals surface area contributed by atoms with Crippen LogP contribution in [0.5, 0.6) is 0 Å². The van der Waals surface area contributed by atoms with Crippen LogP contribution in [0.1, 0.15) is 70.6 Å². The number of amides is 1. The van der Waals surface area contributed by atoms with Crippen molar-refractivity contribution in [3.63, 3.8) is 0 Å². The van der Waals surface area contributed by atoms with Gasteiger partial charge in [0.2, 0.25) is 0 Å². The molecule has 0 radical (unpaired) electrons. The number of para-hydroxylation sites is 1. The van der Waals surface area contributed by atoms with Gasteiger partial charge in [-0.15, -0.1) is 0 Å². The van der Waals surface area contributed by atoms with Crippen LogP contribution in [-0.4, -0.2) is 72.8 Å². The van der Waals surface area contributed by atoms with Gasteiger partial charge in [0, 0.05) is 25.1 Å². The van der Waals surface area contributed by atoms with Gasteiger partial charge in [-0.05, 0) is 70.4 Å². The van der Waals surface area contributed by atoms with Crippen molar-refractivity contribution in [1.82, 2.24) is 9.80 Å². The van der Waals surface area contributed by atoms with E-state index in [1.165, 1.54) is 44.9 Å². The first kappa shape index (κ1) is 30.6. The minimum absolute atomic E-state index is 0.0265. The maximum absolute atomic E-state index is 12.6. The van der Waals surface area contributed by atoms with E-state index in [-0.39, 0.29) is 18.6 Å². The van der Waals surface area contributed by atoms with Crippen molar-refractivity contribution in [2.24, 2.45) is 0 Å². The molecule has 7 nitrogen and oxygen atoms in total. The zero-order valence-electron chi connectivity index (χ0n) is 23.7. The van der Waals surface area contributed by atoms with Gasteiger partial charge in [-0.1, -0.05) is 80.6 Å². The highest BCUT2D eigenvalue weighted by Crippen LogP contribution is 2.28. The minimum Gasteiger partial charge on any atom is -0.481 e. The van der Waals surface area contributed by atoms with E-state index >= 15 is 0 Å². The summed E-state index contributed by atoms with van der Waals surface area (Å²) in [6.07, 6.45) is 11.2. The van der Waals surface area contributed by atoms with E-state index in [9.17, 15) is 9.59 Å². The molecule has 2 aromatic rings. The first-order chi connectivity index (χ1) is 19.0. The van der Waals surface area contributed by atoms with Gasteiger partial charge >= 0.3 is 12.1 Å². The number of hydrogen-bond donors (Lipinski definition) is 2. The van der Waals surface area contributed by atoms with Gasteiger partial charge in [0.05, 0.1) is 5.69 Å². The Hall–Kier alpha value is -2.90. The molecule has 1 aliphatic rings. The third-order valence-corrected chi connectivity index (χ3v) is 7.50. The second kappa shape index (κ2) is 17.6. The molecule has 0 atom stereocenters. The third-order valence-electron chi connectivity index (χ3n) is 7.50. The van der Waals surface area contributed by atoms with Crippen LogP contribution in [0.25, 0.3) is 11.1 Å². The number of hydrogen-bond acceptors (Lipinski definition) is 5. The average Bonchev–Trinajstić information content (AvgIpc) is 2.93. The minimum atomic E-state index is -0.705. The van der Waals surface area contributed by atoms with Crippen molar-refractivity contribution in [2.75, 3.05) is 45.1 Å². The van der Waals surface area contributed by atoms with Gasteiger partial charge < -0.3 is 19.6 Å². The number of nitrogens with one attached hydrogen (secondary N) is 1. The molecule has 0 spiro atoms. The Balaban J connectivity index is 1.20. The predicted octanol–water partition coefficient (Wildman–Crippen LogP) is 6.89. The topological polar surface area (TPSA) is 82.1 Å². The molecule has 1 fully saturated rings. The Labute approximate surface area is 234 Å². The Morgan fingerprint density at radius 2 is 1.49 bits per heavy atom. The van der Waals surface area contributed by atoms with Gasteiger partial charge in [0.15, 0.2) is 0 Å². The Bertz CT molecular complexity index is 976. The number of benzene rings is 2. The number of carbonyl (C=O) groups excluding carboxylic acids is 1. The fourth-order valence-corrected chi connectivity index (χ4v) is 5.22. The van der Waals surface area contributed by atoms with Crippen LogP contribution >= 0.6 is 0 Å². The zero-order chi connectivity index (χ0) is 27.7. The number of piperidine rings is 1.